The van der Waals surface area contributed by atoms with Crippen molar-refractivity contribution in [1.82, 2.24) is 19.3 Å². The summed E-state index contributed by atoms with van der Waals surface area (Å²) in [7, 11) is 1.83. The van der Waals surface area contributed by atoms with E-state index in [2.05, 4.69) is 16.0 Å². The summed E-state index contributed by atoms with van der Waals surface area (Å²) in [6.45, 7) is 1.95. The molecule has 6 heteroatoms. The van der Waals surface area contributed by atoms with Gasteiger partial charge in [0.1, 0.15) is 0 Å². The maximum atomic E-state index is 6.08. The van der Waals surface area contributed by atoms with E-state index in [4.69, 9.17) is 16.9 Å². The number of rotatable bonds is 2. The maximum absolute atomic E-state index is 6.08. The molecule has 1 aromatic carbocycles. The molecule has 3 heterocycles. The number of aromatic nitrogens is 4. The van der Waals surface area contributed by atoms with Crippen LogP contribution < -0.4 is 10.5 Å². The van der Waals surface area contributed by atoms with Crippen LogP contribution in [0.2, 0.25) is 0 Å². The van der Waals surface area contributed by atoms with Crippen molar-refractivity contribution in [3.63, 3.8) is 0 Å². The highest BCUT2D eigenvalue weighted by atomic mass is 16.5. The lowest BCUT2D eigenvalue weighted by Crippen LogP contribution is -2.21. The lowest BCUT2D eigenvalue weighted by molar-refractivity contribution is 0.358. The van der Waals surface area contributed by atoms with E-state index in [-0.39, 0.29) is 11.8 Å². The Balaban J connectivity index is 1.85. The average molecular weight is 331 g/mol. The number of ether oxygens (including phenoxy) is 1. The van der Waals surface area contributed by atoms with Gasteiger partial charge in [0.2, 0.25) is 11.8 Å². The number of hydrogen-bond acceptors (Lipinski definition) is 4. The molecule has 1 atom stereocenters. The summed E-state index contributed by atoms with van der Waals surface area (Å²) in [6.07, 6.45) is 11.1. The Hall–Kier alpha value is -3.46. The van der Waals surface area contributed by atoms with E-state index in [0.717, 1.165) is 22.5 Å². The Kier molecular flexibility index (Phi) is 3.36. The highest BCUT2D eigenvalue weighted by molar-refractivity contribution is 5.56. The van der Waals surface area contributed by atoms with Crippen LogP contribution in [0.5, 0.6) is 5.88 Å². The lowest BCUT2D eigenvalue weighted by atomic mass is 9.84. The second-order valence-corrected chi connectivity index (χ2v) is 5.95. The number of hydrogen-bond donors (Lipinski definition) is 1. The number of nitrogens with two attached hydrogens (primary N) is 1. The van der Waals surface area contributed by atoms with Gasteiger partial charge in [-0.3, -0.25) is 0 Å². The van der Waals surface area contributed by atoms with E-state index in [9.17, 15) is 0 Å². The molecular formula is C19H17N5O. The molecule has 3 aromatic rings. The summed E-state index contributed by atoms with van der Waals surface area (Å²) in [6, 6.07) is 8.16. The van der Waals surface area contributed by atoms with Gasteiger partial charge in [-0.1, -0.05) is 18.1 Å². The smallest absolute Gasteiger partial charge is 0.224 e. The maximum Gasteiger partial charge on any atom is 0.224 e. The summed E-state index contributed by atoms with van der Waals surface area (Å²) in [5.74, 6) is 3.42. The molecule has 2 aromatic heterocycles. The molecule has 25 heavy (non-hydrogen) atoms. The molecule has 1 aliphatic heterocycles. The third-order valence-corrected chi connectivity index (χ3v) is 4.45. The molecule has 0 fully saturated rings. The van der Waals surface area contributed by atoms with Crippen LogP contribution in [0, 0.1) is 19.3 Å². The van der Waals surface area contributed by atoms with Gasteiger partial charge in [0, 0.05) is 25.1 Å². The quantitative estimate of drug-likeness (QED) is 0.731. The van der Waals surface area contributed by atoms with Crippen molar-refractivity contribution in [2.45, 2.75) is 12.8 Å². The van der Waals surface area contributed by atoms with Gasteiger partial charge in [0.25, 0.3) is 0 Å². The van der Waals surface area contributed by atoms with Crippen LogP contribution in [-0.4, -0.2) is 19.3 Å². The minimum Gasteiger partial charge on any atom is -0.422 e. The van der Waals surface area contributed by atoms with Gasteiger partial charge in [-0.2, -0.15) is 5.10 Å². The van der Waals surface area contributed by atoms with Crippen molar-refractivity contribution in [2.24, 2.45) is 12.8 Å². The molecule has 0 saturated heterocycles. The third kappa shape index (κ3) is 2.29. The van der Waals surface area contributed by atoms with Crippen LogP contribution in [-0.2, 0) is 7.05 Å². The van der Waals surface area contributed by atoms with E-state index in [1.807, 2.05) is 49.0 Å². The molecule has 2 N–H and O–H groups in total. The summed E-state index contributed by atoms with van der Waals surface area (Å²) < 4.78 is 9.36. The predicted octanol–water partition coefficient (Wildman–Crippen LogP) is 2.24. The standard InChI is InChI=1S/C19H17N5O/c1-4-15-17(16-12(2)22-23(3)19(16)25-18(15)20)13-5-7-14(8-6-13)24-10-9-21-11-24/h1,5-11,17H,20H2,2-3H3. The predicted molar refractivity (Wildman–Crippen MR) is 94.0 cm³/mol. The fourth-order valence-electron chi connectivity index (χ4n) is 3.29. The van der Waals surface area contributed by atoms with E-state index in [1.54, 1.807) is 17.2 Å². The number of aryl methyl sites for hydroxylation is 2. The zero-order chi connectivity index (χ0) is 17.6. The van der Waals surface area contributed by atoms with Crippen molar-refractivity contribution >= 4 is 0 Å². The Morgan fingerprint density at radius 2 is 2.04 bits per heavy atom. The van der Waals surface area contributed by atoms with Gasteiger partial charge in [0.15, 0.2) is 0 Å². The first-order chi connectivity index (χ1) is 12.1. The van der Waals surface area contributed by atoms with Crippen LogP contribution in [0.1, 0.15) is 22.7 Å². The van der Waals surface area contributed by atoms with Crippen molar-refractivity contribution in [3.05, 3.63) is 71.3 Å². The van der Waals surface area contributed by atoms with Crippen molar-refractivity contribution in [3.8, 4) is 23.9 Å². The molecule has 0 saturated carbocycles. The molecule has 0 bridgehead atoms. The van der Waals surface area contributed by atoms with Gasteiger partial charge in [-0.25, -0.2) is 9.67 Å². The monoisotopic (exact) mass is 331 g/mol. The SMILES string of the molecule is C#CC1=C(N)Oc2c(c(C)nn2C)C1c1ccc(-n2ccnc2)cc1. The minimum absolute atomic E-state index is 0.167. The van der Waals surface area contributed by atoms with E-state index in [1.165, 1.54) is 0 Å². The number of terminal acetylenes is 1. The fraction of sp³-hybridized carbons (Fsp3) is 0.158. The second kappa shape index (κ2) is 5.56. The molecule has 0 amide bonds. The molecule has 1 unspecified atom stereocenters. The normalized spacial score (nSPS) is 16.3. The number of nitrogens with zero attached hydrogens (tertiary/aromatic N) is 4. The summed E-state index contributed by atoms with van der Waals surface area (Å²) >= 11 is 0. The third-order valence-electron chi connectivity index (χ3n) is 4.45. The highest BCUT2D eigenvalue weighted by Crippen LogP contribution is 2.43. The van der Waals surface area contributed by atoms with Gasteiger partial charge in [0.05, 0.1) is 29.1 Å². The van der Waals surface area contributed by atoms with Crippen molar-refractivity contribution in [1.29, 1.82) is 0 Å². The second-order valence-electron chi connectivity index (χ2n) is 5.95. The molecule has 4 rings (SSSR count). The molecule has 1 aliphatic rings. The van der Waals surface area contributed by atoms with Gasteiger partial charge >= 0.3 is 0 Å². The molecule has 0 aliphatic carbocycles. The van der Waals surface area contributed by atoms with Crippen LogP contribution in [0.15, 0.2) is 54.4 Å². The average Bonchev–Trinajstić information content (AvgIpc) is 3.23. The summed E-state index contributed by atoms with van der Waals surface area (Å²) in [5.41, 5.74) is 10.6. The molecule has 124 valence electrons. The number of imidazole rings is 1. The number of fused-ring (bicyclic) bond motifs is 1. The molecule has 0 spiro atoms. The Bertz CT molecular complexity index is 1000. The van der Waals surface area contributed by atoms with Gasteiger partial charge in [-0.15, -0.1) is 6.42 Å². The molecular weight excluding hydrogens is 314 g/mol. The first-order valence-corrected chi connectivity index (χ1v) is 7.86. The van der Waals surface area contributed by atoms with Gasteiger partial charge < -0.3 is 15.0 Å². The lowest BCUT2D eigenvalue weighted by Gasteiger charge is -2.25. The van der Waals surface area contributed by atoms with Crippen LogP contribution in [0.3, 0.4) is 0 Å². The van der Waals surface area contributed by atoms with Crippen molar-refractivity contribution < 1.29 is 4.74 Å². The van der Waals surface area contributed by atoms with Crippen molar-refractivity contribution in [2.75, 3.05) is 0 Å². The topological polar surface area (TPSA) is 70.9 Å². The van der Waals surface area contributed by atoms with Crippen LogP contribution >= 0.6 is 0 Å². The summed E-state index contributed by atoms with van der Waals surface area (Å²) in [5, 5.41) is 4.46. The largest absolute Gasteiger partial charge is 0.422 e. The number of benzene rings is 1. The Morgan fingerprint density at radius 1 is 1.28 bits per heavy atom. The van der Waals surface area contributed by atoms with E-state index >= 15 is 0 Å². The first-order valence-electron chi connectivity index (χ1n) is 7.86. The zero-order valence-electron chi connectivity index (χ0n) is 14.0. The Morgan fingerprint density at radius 3 is 2.68 bits per heavy atom. The Labute approximate surface area is 145 Å². The zero-order valence-corrected chi connectivity index (χ0v) is 14.0. The minimum atomic E-state index is -0.167. The van der Waals surface area contributed by atoms with E-state index in [0.29, 0.717) is 11.5 Å². The summed E-state index contributed by atoms with van der Waals surface area (Å²) in [4.78, 5) is 4.08. The van der Waals surface area contributed by atoms with Gasteiger partial charge in [-0.05, 0) is 24.6 Å². The fourth-order valence-corrected chi connectivity index (χ4v) is 3.29. The molecule has 6 nitrogen and oxygen atoms in total. The van der Waals surface area contributed by atoms with Crippen LogP contribution in [0.25, 0.3) is 5.69 Å². The van der Waals surface area contributed by atoms with Crippen LogP contribution in [0.4, 0.5) is 0 Å². The highest BCUT2D eigenvalue weighted by Gasteiger charge is 2.34. The number of allylic oxidation sites excluding steroid dienone is 1. The first kappa shape index (κ1) is 15.1. The molecule has 0 radical (unpaired) electrons. The van der Waals surface area contributed by atoms with E-state index < -0.39 is 0 Å².